The molecule has 0 saturated heterocycles. The predicted octanol–water partition coefficient (Wildman–Crippen LogP) is 5.24. The fourth-order valence-corrected chi connectivity index (χ4v) is 5.07. The molecule has 4 rings (SSSR count). The molecule has 2 aliphatic carbocycles. The van der Waals surface area contributed by atoms with Crippen LogP contribution in [-0.2, 0) is 5.41 Å². The second-order valence-corrected chi connectivity index (χ2v) is 6.77. The van der Waals surface area contributed by atoms with E-state index in [0.29, 0.717) is 11.8 Å². The van der Waals surface area contributed by atoms with Gasteiger partial charge in [0.25, 0.3) is 0 Å². The highest BCUT2D eigenvalue weighted by Gasteiger charge is 2.56. The molecule has 0 radical (unpaired) electrons. The first kappa shape index (κ1) is 13.1. The number of rotatable bonds is 2. The van der Waals surface area contributed by atoms with Gasteiger partial charge in [-0.05, 0) is 67.2 Å². The summed E-state index contributed by atoms with van der Waals surface area (Å²) < 4.78 is 14.8. The fourth-order valence-electron chi connectivity index (χ4n) is 5.07. The average molecular weight is 280 g/mol. The molecule has 0 N–H and O–H groups in total. The Labute approximate surface area is 126 Å². The molecule has 2 aliphatic rings. The van der Waals surface area contributed by atoms with Gasteiger partial charge in [0.15, 0.2) is 0 Å². The van der Waals surface area contributed by atoms with E-state index in [1.807, 2.05) is 13.0 Å². The average Bonchev–Trinajstić information content (AvgIpc) is 3.04. The summed E-state index contributed by atoms with van der Waals surface area (Å²) in [5.74, 6) is 1.18. The molecule has 2 fully saturated rings. The van der Waals surface area contributed by atoms with Gasteiger partial charge >= 0.3 is 0 Å². The molecular weight excluding hydrogens is 259 g/mol. The van der Waals surface area contributed by atoms with Gasteiger partial charge in [0.05, 0.1) is 0 Å². The van der Waals surface area contributed by atoms with Crippen LogP contribution < -0.4 is 0 Å². The Kier molecular flexibility index (Phi) is 2.92. The lowest BCUT2D eigenvalue weighted by atomic mass is 9.66. The maximum atomic E-state index is 14.8. The highest BCUT2D eigenvalue weighted by Crippen LogP contribution is 2.62. The molecule has 0 aliphatic heterocycles. The van der Waals surface area contributed by atoms with Gasteiger partial charge in [-0.1, -0.05) is 42.5 Å². The summed E-state index contributed by atoms with van der Waals surface area (Å²) in [5.41, 5.74) is 3.17. The van der Waals surface area contributed by atoms with E-state index in [1.165, 1.54) is 31.2 Å². The first-order chi connectivity index (χ1) is 10.2. The van der Waals surface area contributed by atoms with Crippen LogP contribution >= 0.6 is 0 Å². The van der Waals surface area contributed by atoms with Gasteiger partial charge in [-0.25, -0.2) is 4.39 Å². The molecule has 21 heavy (non-hydrogen) atoms. The van der Waals surface area contributed by atoms with Gasteiger partial charge in [0, 0.05) is 5.41 Å². The number of halogens is 1. The van der Waals surface area contributed by atoms with Crippen LogP contribution in [0.15, 0.2) is 48.5 Å². The minimum absolute atomic E-state index is 0.0161. The molecule has 1 heteroatoms. The van der Waals surface area contributed by atoms with Crippen LogP contribution in [0.2, 0.25) is 0 Å². The zero-order valence-electron chi connectivity index (χ0n) is 12.5. The first-order valence-electron chi connectivity index (χ1n) is 8.05. The molecule has 2 bridgehead atoms. The van der Waals surface area contributed by atoms with Crippen molar-refractivity contribution in [2.24, 2.45) is 11.8 Å². The highest BCUT2D eigenvalue weighted by molar-refractivity contribution is 5.45. The summed E-state index contributed by atoms with van der Waals surface area (Å²) in [6.07, 6.45) is 4.97. The van der Waals surface area contributed by atoms with Gasteiger partial charge in [-0.2, -0.15) is 0 Å². The van der Waals surface area contributed by atoms with E-state index in [-0.39, 0.29) is 11.2 Å². The second-order valence-electron chi connectivity index (χ2n) is 6.77. The van der Waals surface area contributed by atoms with Crippen molar-refractivity contribution in [1.82, 2.24) is 0 Å². The molecule has 0 heterocycles. The van der Waals surface area contributed by atoms with E-state index < -0.39 is 0 Å². The lowest BCUT2D eigenvalue weighted by Gasteiger charge is -2.36. The molecule has 2 saturated carbocycles. The van der Waals surface area contributed by atoms with Gasteiger partial charge in [-0.15, -0.1) is 0 Å². The zero-order chi connectivity index (χ0) is 14.4. The van der Waals surface area contributed by atoms with Crippen LogP contribution in [0.3, 0.4) is 0 Å². The molecule has 0 amide bonds. The largest absolute Gasteiger partial charge is 0.207 e. The van der Waals surface area contributed by atoms with E-state index in [4.69, 9.17) is 0 Å². The Balaban J connectivity index is 1.97. The first-order valence-corrected chi connectivity index (χ1v) is 8.05. The Hall–Kier alpha value is -1.63. The summed E-state index contributed by atoms with van der Waals surface area (Å²) in [7, 11) is 0. The standard InChI is InChI=1S/C20H21F/c1-14-7-12-18(19(21)13-14)20(15-5-3-2-4-6-15)16-8-9-17(20)11-10-16/h2-7,12-13,16-17H,8-11H2,1H3. The quantitative estimate of drug-likeness (QED) is 0.705. The van der Waals surface area contributed by atoms with E-state index in [0.717, 1.165) is 11.1 Å². The van der Waals surface area contributed by atoms with Crippen molar-refractivity contribution in [3.63, 3.8) is 0 Å². The van der Waals surface area contributed by atoms with Crippen LogP contribution in [0.1, 0.15) is 42.4 Å². The third-order valence-electron chi connectivity index (χ3n) is 5.84. The van der Waals surface area contributed by atoms with Crippen LogP contribution in [0, 0.1) is 24.6 Å². The monoisotopic (exact) mass is 280 g/mol. The van der Waals surface area contributed by atoms with Crippen molar-refractivity contribution in [2.45, 2.75) is 38.0 Å². The van der Waals surface area contributed by atoms with E-state index in [2.05, 4.69) is 36.4 Å². The third-order valence-corrected chi connectivity index (χ3v) is 5.84. The molecule has 0 nitrogen and oxygen atoms in total. The Morgan fingerprint density at radius 3 is 2.10 bits per heavy atom. The van der Waals surface area contributed by atoms with Gasteiger partial charge in [0.1, 0.15) is 5.82 Å². The summed E-state index contributed by atoms with van der Waals surface area (Å²) in [6.45, 7) is 1.96. The molecule has 2 aromatic carbocycles. The lowest BCUT2D eigenvalue weighted by Crippen LogP contribution is -2.34. The summed E-state index contributed by atoms with van der Waals surface area (Å²) in [5, 5.41) is 0. The SMILES string of the molecule is Cc1ccc(C2(c3ccccc3)C3CCC2CC3)c(F)c1. The van der Waals surface area contributed by atoms with Crippen LogP contribution in [-0.4, -0.2) is 0 Å². The smallest absolute Gasteiger partial charge is 0.127 e. The van der Waals surface area contributed by atoms with Gasteiger partial charge in [0.2, 0.25) is 0 Å². The third kappa shape index (κ3) is 1.73. The summed E-state index contributed by atoms with van der Waals surface area (Å²) >= 11 is 0. The predicted molar refractivity (Wildman–Crippen MR) is 83.8 cm³/mol. The molecule has 108 valence electrons. The highest BCUT2D eigenvalue weighted by atomic mass is 19.1. The maximum Gasteiger partial charge on any atom is 0.127 e. The van der Waals surface area contributed by atoms with Crippen molar-refractivity contribution in [1.29, 1.82) is 0 Å². The number of hydrogen-bond acceptors (Lipinski definition) is 0. The zero-order valence-corrected chi connectivity index (χ0v) is 12.5. The van der Waals surface area contributed by atoms with E-state index >= 15 is 0 Å². The minimum atomic E-state index is -0.0843. The Bertz CT molecular complexity index is 639. The molecule has 0 aromatic heterocycles. The van der Waals surface area contributed by atoms with Crippen molar-refractivity contribution in [2.75, 3.05) is 0 Å². The van der Waals surface area contributed by atoms with Crippen LogP contribution in [0.4, 0.5) is 4.39 Å². The summed E-state index contributed by atoms with van der Waals surface area (Å²) in [4.78, 5) is 0. The molecule has 2 aromatic rings. The fraction of sp³-hybridized carbons (Fsp3) is 0.400. The topological polar surface area (TPSA) is 0 Å². The number of benzene rings is 2. The lowest BCUT2D eigenvalue weighted by molar-refractivity contribution is 0.372. The summed E-state index contributed by atoms with van der Waals surface area (Å²) in [6, 6.07) is 16.5. The molecular formula is C20H21F. The van der Waals surface area contributed by atoms with E-state index in [1.54, 1.807) is 6.07 Å². The van der Waals surface area contributed by atoms with E-state index in [9.17, 15) is 4.39 Å². The number of hydrogen-bond donors (Lipinski definition) is 0. The van der Waals surface area contributed by atoms with Crippen molar-refractivity contribution in [3.8, 4) is 0 Å². The van der Waals surface area contributed by atoms with Gasteiger partial charge < -0.3 is 0 Å². The normalized spacial score (nSPS) is 30.8. The van der Waals surface area contributed by atoms with Crippen molar-refractivity contribution in [3.05, 3.63) is 71.0 Å². The minimum Gasteiger partial charge on any atom is -0.207 e. The van der Waals surface area contributed by atoms with Crippen molar-refractivity contribution >= 4 is 0 Å². The maximum absolute atomic E-state index is 14.8. The second kappa shape index (κ2) is 4.69. The molecule has 0 spiro atoms. The van der Waals surface area contributed by atoms with Crippen LogP contribution in [0.5, 0.6) is 0 Å². The molecule has 0 unspecified atom stereocenters. The number of aryl methyl sites for hydroxylation is 1. The number of fused-ring (bicyclic) bond motifs is 2. The van der Waals surface area contributed by atoms with Crippen LogP contribution in [0.25, 0.3) is 0 Å². The Morgan fingerprint density at radius 2 is 1.52 bits per heavy atom. The molecule has 0 atom stereocenters. The van der Waals surface area contributed by atoms with Crippen molar-refractivity contribution < 1.29 is 4.39 Å². The Morgan fingerprint density at radius 1 is 0.905 bits per heavy atom. The van der Waals surface area contributed by atoms with Gasteiger partial charge in [-0.3, -0.25) is 0 Å².